The van der Waals surface area contributed by atoms with Gasteiger partial charge in [0.25, 0.3) is 5.91 Å². The highest BCUT2D eigenvalue weighted by atomic mass is 35.5. The first-order valence-corrected chi connectivity index (χ1v) is 6.77. The third kappa shape index (κ3) is 3.39. The van der Waals surface area contributed by atoms with Crippen molar-refractivity contribution < 1.29 is 14.6 Å². The van der Waals surface area contributed by atoms with Gasteiger partial charge in [-0.1, -0.05) is 6.07 Å². The Morgan fingerprint density at radius 2 is 2.32 bits per heavy atom. The summed E-state index contributed by atoms with van der Waals surface area (Å²) >= 11 is 5.85. The number of alkyl halides is 1. The number of rotatable bonds is 2. The van der Waals surface area contributed by atoms with E-state index in [1.807, 2.05) is 13.8 Å². The molecule has 0 radical (unpaired) electrons. The van der Waals surface area contributed by atoms with Gasteiger partial charge in [0.1, 0.15) is 5.75 Å². The normalized spacial score (nSPS) is 22.3. The molecule has 1 fully saturated rings. The maximum absolute atomic E-state index is 12.4. The average Bonchev–Trinajstić information content (AvgIpc) is 2.36. The Balaban J connectivity index is 2.18. The second-order valence-electron chi connectivity index (χ2n) is 5.39. The van der Waals surface area contributed by atoms with Gasteiger partial charge in [0.05, 0.1) is 17.6 Å². The van der Waals surface area contributed by atoms with Gasteiger partial charge in [-0.2, -0.15) is 0 Å². The zero-order valence-corrected chi connectivity index (χ0v) is 11.9. The molecule has 104 valence electrons. The minimum absolute atomic E-state index is 0.0901. The molecule has 5 heteroatoms. The van der Waals surface area contributed by atoms with Crippen LogP contribution in [-0.4, -0.2) is 46.6 Å². The van der Waals surface area contributed by atoms with Gasteiger partial charge in [0.2, 0.25) is 0 Å². The molecule has 1 amide bonds. The summed E-state index contributed by atoms with van der Waals surface area (Å²) < 4.78 is 5.79. The lowest BCUT2D eigenvalue weighted by atomic mass is 10.0. The quantitative estimate of drug-likeness (QED) is 0.847. The van der Waals surface area contributed by atoms with E-state index in [0.717, 1.165) is 0 Å². The van der Waals surface area contributed by atoms with Gasteiger partial charge in [0, 0.05) is 18.7 Å². The molecule has 1 unspecified atom stereocenters. The monoisotopic (exact) mass is 283 g/mol. The first-order valence-electron chi connectivity index (χ1n) is 6.23. The van der Waals surface area contributed by atoms with E-state index in [0.29, 0.717) is 24.5 Å². The van der Waals surface area contributed by atoms with Crippen LogP contribution in [-0.2, 0) is 4.74 Å². The summed E-state index contributed by atoms with van der Waals surface area (Å²) in [4.78, 5) is 14.1. The van der Waals surface area contributed by atoms with Crippen LogP contribution in [0.15, 0.2) is 24.3 Å². The largest absolute Gasteiger partial charge is 0.508 e. The summed E-state index contributed by atoms with van der Waals surface area (Å²) in [6.07, 6.45) is -0.160. The second kappa shape index (κ2) is 5.39. The maximum atomic E-state index is 12.4. The Morgan fingerprint density at radius 1 is 1.58 bits per heavy atom. The van der Waals surface area contributed by atoms with E-state index in [1.165, 1.54) is 6.07 Å². The van der Waals surface area contributed by atoms with Crippen LogP contribution in [0.5, 0.6) is 5.75 Å². The zero-order valence-electron chi connectivity index (χ0n) is 11.1. The van der Waals surface area contributed by atoms with E-state index in [9.17, 15) is 9.90 Å². The van der Waals surface area contributed by atoms with Gasteiger partial charge in [-0.25, -0.2) is 0 Å². The molecule has 4 nitrogen and oxygen atoms in total. The Kier molecular flexibility index (Phi) is 4.02. The average molecular weight is 284 g/mol. The maximum Gasteiger partial charge on any atom is 0.254 e. The van der Waals surface area contributed by atoms with Gasteiger partial charge < -0.3 is 14.7 Å². The van der Waals surface area contributed by atoms with Crippen LogP contribution in [0.2, 0.25) is 0 Å². The number of halogens is 1. The SMILES string of the molecule is CC1(C)CN(C(=O)c2cccc(O)c2)CC(CCl)O1. The Bertz CT molecular complexity index is 476. The summed E-state index contributed by atoms with van der Waals surface area (Å²) in [7, 11) is 0. The summed E-state index contributed by atoms with van der Waals surface area (Å²) in [6.45, 7) is 4.86. The van der Waals surface area contributed by atoms with Crippen molar-refractivity contribution in [1.82, 2.24) is 4.90 Å². The third-order valence-corrected chi connectivity index (χ3v) is 3.38. The number of morpholine rings is 1. The number of hydrogen-bond acceptors (Lipinski definition) is 3. The van der Waals surface area contributed by atoms with Crippen LogP contribution in [0.1, 0.15) is 24.2 Å². The van der Waals surface area contributed by atoms with Gasteiger partial charge in [-0.3, -0.25) is 4.79 Å². The standard InChI is InChI=1S/C14H18ClNO3/c1-14(2)9-16(8-12(7-15)19-14)13(18)10-4-3-5-11(17)6-10/h3-6,12,17H,7-9H2,1-2H3. The molecule has 1 N–H and O–H groups in total. The highest BCUT2D eigenvalue weighted by molar-refractivity contribution is 6.18. The van der Waals surface area contributed by atoms with Crippen LogP contribution < -0.4 is 0 Å². The minimum Gasteiger partial charge on any atom is -0.508 e. The molecule has 0 saturated carbocycles. The summed E-state index contributed by atoms with van der Waals surface area (Å²) in [5, 5.41) is 9.44. The highest BCUT2D eigenvalue weighted by Gasteiger charge is 2.35. The molecule has 19 heavy (non-hydrogen) atoms. The predicted molar refractivity (Wildman–Crippen MR) is 73.7 cm³/mol. The van der Waals surface area contributed by atoms with Crippen molar-refractivity contribution in [3.63, 3.8) is 0 Å². The molecule has 1 aromatic carbocycles. The highest BCUT2D eigenvalue weighted by Crippen LogP contribution is 2.24. The smallest absolute Gasteiger partial charge is 0.254 e. The number of carbonyl (C=O) groups excluding carboxylic acids is 1. The predicted octanol–water partition coefficient (Wildman–Crippen LogP) is 2.25. The lowest BCUT2D eigenvalue weighted by Crippen LogP contribution is -2.55. The van der Waals surface area contributed by atoms with Crippen LogP contribution in [0.4, 0.5) is 0 Å². The second-order valence-corrected chi connectivity index (χ2v) is 5.70. The fraction of sp³-hybridized carbons (Fsp3) is 0.500. The third-order valence-electron chi connectivity index (χ3n) is 3.03. The fourth-order valence-corrected chi connectivity index (χ4v) is 2.51. The Hall–Kier alpha value is -1.26. The van der Waals surface area contributed by atoms with Crippen molar-refractivity contribution in [2.45, 2.75) is 25.6 Å². The minimum atomic E-state index is -0.412. The molecule has 1 heterocycles. The molecule has 0 aliphatic carbocycles. The molecule has 1 aliphatic heterocycles. The van der Waals surface area contributed by atoms with Gasteiger partial charge >= 0.3 is 0 Å². The van der Waals surface area contributed by atoms with E-state index in [1.54, 1.807) is 23.1 Å². The van der Waals surface area contributed by atoms with Gasteiger partial charge in [-0.05, 0) is 32.0 Å². The van der Waals surface area contributed by atoms with E-state index in [2.05, 4.69) is 0 Å². The van der Waals surface area contributed by atoms with Crippen LogP contribution in [0, 0.1) is 0 Å². The van der Waals surface area contributed by atoms with Crippen LogP contribution >= 0.6 is 11.6 Å². The molecule has 0 aromatic heterocycles. The van der Waals surface area contributed by atoms with Crippen molar-refractivity contribution in [2.75, 3.05) is 19.0 Å². The molecule has 1 aromatic rings. The van der Waals surface area contributed by atoms with E-state index in [4.69, 9.17) is 16.3 Å². The fourth-order valence-electron chi connectivity index (χ4n) is 2.35. The lowest BCUT2D eigenvalue weighted by Gasteiger charge is -2.42. The number of nitrogens with zero attached hydrogens (tertiary/aromatic N) is 1. The first kappa shape index (κ1) is 14.2. The summed E-state index contributed by atoms with van der Waals surface area (Å²) in [5.41, 5.74) is 0.0654. The molecule has 0 bridgehead atoms. The summed E-state index contributed by atoms with van der Waals surface area (Å²) in [5.74, 6) is 0.336. The molecule has 1 saturated heterocycles. The van der Waals surface area contributed by atoms with Crippen molar-refractivity contribution in [3.05, 3.63) is 29.8 Å². The number of hydrogen-bond donors (Lipinski definition) is 1. The number of ether oxygens (including phenoxy) is 1. The van der Waals surface area contributed by atoms with Gasteiger partial charge in [0.15, 0.2) is 0 Å². The molecular formula is C14H18ClNO3. The van der Waals surface area contributed by atoms with Crippen molar-refractivity contribution >= 4 is 17.5 Å². The number of phenolic OH excluding ortho intramolecular Hbond substituents is 1. The molecule has 2 rings (SSSR count). The zero-order chi connectivity index (χ0) is 14.0. The number of benzene rings is 1. The van der Waals surface area contributed by atoms with Crippen molar-refractivity contribution in [2.24, 2.45) is 0 Å². The van der Waals surface area contributed by atoms with E-state index < -0.39 is 5.60 Å². The number of phenols is 1. The molecule has 1 aliphatic rings. The molecule has 1 atom stereocenters. The molecular weight excluding hydrogens is 266 g/mol. The van der Waals surface area contributed by atoms with Crippen LogP contribution in [0.25, 0.3) is 0 Å². The topological polar surface area (TPSA) is 49.8 Å². The first-order chi connectivity index (χ1) is 8.91. The van der Waals surface area contributed by atoms with Gasteiger partial charge in [-0.15, -0.1) is 11.6 Å². The van der Waals surface area contributed by atoms with Crippen LogP contribution in [0.3, 0.4) is 0 Å². The number of aromatic hydroxyl groups is 1. The van der Waals surface area contributed by atoms with E-state index >= 15 is 0 Å². The van der Waals surface area contributed by atoms with Crippen molar-refractivity contribution in [1.29, 1.82) is 0 Å². The Labute approximate surface area is 117 Å². The van der Waals surface area contributed by atoms with E-state index in [-0.39, 0.29) is 17.8 Å². The van der Waals surface area contributed by atoms with Crippen molar-refractivity contribution in [3.8, 4) is 5.75 Å². The molecule has 0 spiro atoms. The number of amides is 1. The Morgan fingerprint density at radius 3 is 2.95 bits per heavy atom. The summed E-state index contributed by atoms with van der Waals surface area (Å²) in [6, 6.07) is 6.37. The lowest BCUT2D eigenvalue weighted by molar-refractivity contribution is -0.117. The number of carbonyl (C=O) groups is 1.